The molecule has 2 aromatic rings. The second kappa shape index (κ2) is 5.51. The Labute approximate surface area is 105 Å². The van der Waals surface area contributed by atoms with E-state index in [2.05, 4.69) is 5.32 Å². The van der Waals surface area contributed by atoms with Crippen LogP contribution in [0.2, 0.25) is 0 Å². The summed E-state index contributed by atoms with van der Waals surface area (Å²) in [7, 11) is 0. The summed E-state index contributed by atoms with van der Waals surface area (Å²) in [6.07, 6.45) is 1.49. The molecule has 4 heteroatoms. The molecule has 1 aromatic carbocycles. The van der Waals surface area contributed by atoms with Crippen molar-refractivity contribution in [3.8, 4) is 11.1 Å². The number of hydrogen-bond donors (Lipinski definition) is 2. The van der Waals surface area contributed by atoms with Crippen LogP contribution in [-0.4, -0.2) is 23.7 Å². The zero-order chi connectivity index (χ0) is 13.0. The molecule has 0 saturated carbocycles. The van der Waals surface area contributed by atoms with Gasteiger partial charge in [-0.1, -0.05) is 30.3 Å². The maximum Gasteiger partial charge on any atom is 0.287 e. The molecule has 1 aromatic heterocycles. The number of rotatable bonds is 4. The minimum absolute atomic E-state index is 0.104. The van der Waals surface area contributed by atoms with Crippen LogP contribution in [0.3, 0.4) is 0 Å². The lowest BCUT2D eigenvalue weighted by atomic mass is 10.1. The molecule has 0 saturated heterocycles. The van der Waals surface area contributed by atoms with Gasteiger partial charge in [-0.05, 0) is 18.6 Å². The van der Waals surface area contributed by atoms with Gasteiger partial charge in [-0.25, -0.2) is 0 Å². The Bertz CT molecular complexity index is 519. The fraction of sp³-hybridized carbons (Fsp3) is 0.214. The molecule has 0 radical (unpaired) electrons. The molecular weight excluding hydrogens is 230 g/mol. The molecule has 0 aliphatic carbocycles. The van der Waals surface area contributed by atoms with Crippen molar-refractivity contribution in [2.45, 2.75) is 13.0 Å². The molecule has 4 nitrogen and oxygen atoms in total. The van der Waals surface area contributed by atoms with Crippen LogP contribution < -0.4 is 5.32 Å². The molecule has 18 heavy (non-hydrogen) atoms. The predicted octanol–water partition coefficient (Wildman–Crippen LogP) is 2.06. The van der Waals surface area contributed by atoms with Gasteiger partial charge in [0.15, 0.2) is 5.76 Å². The molecule has 0 fully saturated rings. The number of amides is 1. The van der Waals surface area contributed by atoms with E-state index < -0.39 is 0 Å². The Hall–Kier alpha value is -2.07. The van der Waals surface area contributed by atoms with E-state index in [0.29, 0.717) is 0 Å². The third-order valence-electron chi connectivity index (χ3n) is 2.61. The lowest BCUT2D eigenvalue weighted by molar-refractivity contribution is 0.0895. The fourth-order valence-electron chi connectivity index (χ4n) is 1.67. The molecule has 1 heterocycles. The second-order valence-electron chi connectivity index (χ2n) is 4.09. The summed E-state index contributed by atoms with van der Waals surface area (Å²) < 4.78 is 5.23. The molecule has 0 aliphatic heterocycles. The van der Waals surface area contributed by atoms with Crippen molar-refractivity contribution in [3.05, 3.63) is 48.4 Å². The van der Waals surface area contributed by atoms with Crippen LogP contribution in [-0.2, 0) is 0 Å². The van der Waals surface area contributed by atoms with Crippen LogP contribution in [0, 0.1) is 0 Å². The molecule has 2 rings (SSSR count). The van der Waals surface area contributed by atoms with E-state index in [-0.39, 0.29) is 24.3 Å². The minimum Gasteiger partial charge on any atom is -0.459 e. The standard InChI is InChI=1S/C14H15NO3/c1-10(9-16)15-14(17)13-12(7-8-18-13)11-5-3-2-4-6-11/h2-8,10,16H,9H2,1H3,(H,15,17)/t10-/m1/s1. The Morgan fingerprint density at radius 2 is 2.06 bits per heavy atom. The quantitative estimate of drug-likeness (QED) is 0.866. The Balaban J connectivity index is 2.26. The van der Waals surface area contributed by atoms with Gasteiger partial charge < -0.3 is 14.8 Å². The van der Waals surface area contributed by atoms with Crippen molar-refractivity contribution in [3.63, 3.8) is 0 Å². The maximum absolute atomic E-state index is 12.0. The SMILES string of the molecule is C[C@H](CO)NC(=O)c1occc1-c1ccccc1. The first-order chi connectivity index (χ1) is 8.72. The lowest BCUT2D eigenvalue weighted by Crippen LogP contribution is -2.35. The molecule has 94 valence electrons. The number of carbonyl (C=O) groups is 1. The van der Waals surface area contributed by atoms with Crippen LogP contribution in [0.4, 0.5) is 0 Å². The Morgan fingerprint density at radius 3 is 2.72 bits per heavy atom. The average Bonchev–Trinajstić information content (AvgIpc) is 2.88. The van der Waals surface area contributed by atoms with Crippen molar-refractivity contribution >= 4 is 5.91 Å². The van der Waals surface area contributed by atoms with Crippen LogP contribution in [0.5, 0.6) is 0 Å². The third-order valence-corrected chi connectivity index (χ3v) is 2.61. The summed E-state index contributed by atoms with van der Waals surface area (Å²) in [5.41, 5.74) is 1.67. The second-order valence-corrected chi connectivity index (χ2v) is 4.09. The topological polar surface area (TPSA) is 62.5 Å². The van der Waals surface area contributed by atoms with Crippen molar-refractivity contribution in [2.24, 2.45) is 0 Å². The van der Waals surface area contributed by atoms with Gasteiger partial charge >= 0.3 is 0 Å². The van der Waals surface area contributed by atoms with E-state index in [1.165, 1.54) is 6.26 Å². The molecule has 2 N–H and O–H groups in total. The van der Waals surface area contributed by atoms with Crippen molar-refractivity contribution < 1.29 is 14.3 Å². The van der Waals surface area contributed by atoms with E-state index in [0.717, 1.165) is 11.1 Å². The van der Waals surface area contributed by atoms with Gasteiger partial charge in [0.1, 0.15) is 0 Å². The van der Waals surface area contributed by atoms with Crippen molar-refractivity contribution in [1.29, 1.82) is 0 Å². The van der Waals surface area contributed by atoms with Gasteiger partial charge in [0, 0.05) is 11.6 Å². The summed E-state index contributed by atoms with van der Waals surface area (Å²) in [4.78, 5) is 12.0. The van der Waals surface area contributed by atoms with E-state index in [9.17, 15) is 4.79 Å². The van der Waals surface area contributed by atoms with Gasteiger partial charge in [0.2, 0.25) is 0 Å². The predicted molar refractivity (Wildman–Crippen MR) is 68.2 cm³/mol. The molecule has 0 aliphatic rings. The van der Waals surface area contributed by atoms with Crippen molar-refractivity contribution in [1.82, 2.24) is 5.32 Å². The summed E-state index contributed by atoms with van der Waals surface area (Å²) in [5, 5.41) is 11.6. The molecule has 1 amide bonds. The molecule has 1 atom stereocenters. The first kappa shape index (κ1) is 12.4. The number of carbonyl (C=O) groups excluding carboxylic acids is 1. The van der Waals surface area contributed by atoms with Crippen LogP contribution in [0.15, 0.2) is 47.1 Å². The summed E-state index contributed by atoms with van der Waals surface area (Å²) in [6.45, 7) is 1.62. The summed E-state index contributed by atoms with van der Waals surface area (Å²) in [5.74, 6) is -0.0538. The molecule has 0 unspecified atom stereocenters. The highest BCUT2D eigenvalue weighted by Gasteiger charge is 2.17. The lowest BCUT2D eigenvalue weighted by Gasteiger charge is -2.10. The largest absolute Gasteiger partial charge is 0.459 e. The van der Waals surface area contributed by atoms with Gasteiger partial charge in [0.05, 0.1) is 12.9 Å². The minimum atomic E-state index is -0.319. The van der Waals surface area contributed by atoms with E-state index in [1.54, 1.807) is 13.0 Å². The summed E-state index contributed by atoms with van der Waals surface area (Å²) >= 11 is 0. The highest BCUT2D eigenvalue weighted by Crippen LogP contribution is 2.24. The number of aliphatic hydroxyl groups is 1. The number of nitrogens with one attached hydrogen (secondary N) is 1. The Kier molecular flexibility index (Phi) is 3.79. The Morgan fingerprint density at radius 1 is 1.33 bits per heavy atom. The summed E-state index contributed by atoms with van der Waals surface area (Å²) in [6, 6.07) is 11.0. The van der Waals surface area contributed by atoms with E-state index in [1.807, 2.05) is 30.3 Å². The van der Waals surface area contributed by atoms with Gasteiger partial charge in [0.25, 0.3) is 5.91 Å². The maximum atomic E-state index is 12.0. The number of benzene rings is 1. The van der Waals surface area contributed by atoms with Crippen LogP contribution in [0.1, 0.15) is 17.5 Å². The smallest absolute Gasteiger partial charge is 0.287 e. The first-order valence-electron chi connectivity index (χ1n) is 5.77. The number of furan rings is 1. The first-order valence-corrected chi connectivity index (χ1v) is 5.77. The molecule has 0 bridgehead atoms. The van der Waals surface area contributed by atoms with Gasteiger partial charge in [-0.2, -0.15) is 0 Å². The zero-order valence-electron chi connectivity index (χ0n) is 10.1. The molecular formula is C14H15NO3. The number of hydrogen-bond acceptors (Lipinski definition) is 3. The third kappa shape index (κ3) is 2.60. The van der Waals surface area contributed by atoms with Gasteiger partial charge in [-0.3, -0.25) is 4.79 Å². The highest BCUT2D eigenvalue weighted by molar-refractivity contribution is 5.98. The fourth-order valence-corrected chi connectivity index (χ4v) is 1.67. The monoisotopic (exact) mass is 245 g/mol. The van der Waals surface area contributed by atoms with Crippen LogP contribution >= 0.6 is 0 Å². The molecule has 0 spiro atoms. The van der Waals surface area contributed by atoms with E-state index >= 15 is 0 Å². The van der Waals surface area contributed by atoms with E-state index in [4.69, 9.17) is 9.52 Å². The zero-order valence-corrected chi connectivity index (χ0v) is 10.1. The van der Waals surface area contributed by atoms with Gasteiger partial charge in [-0.15, -0.1) is 0 Å². The highest BCUT2D eigenvalue weighted by atomic mass is 16.3. The number of aliphatic hydroxyl groups excluding tert-OH is 1. The normalized spacial score (nSPS) is 12.1. The average molecular weight is 245 g/mol. The van der Waals surface area contributed by atoms with Crippen molar-refractivity contribution in [2.75, 3.05) is 6.61 Å². The van der Waals surface area contributed by atoms with Crippen LogP contribution in [0.25, 0.3) is 11.1 Å².